The van der Waals surface area contributed by atoms with Crippen molar-refractivity contribution in [1.82, 2.24) is 24.0 Å². The molecule has 55 heavy (non-hydrogen) atoms. The molecule has 0 bridgehead atoms. The maximum atomic E-state index is 13.5. The number of nitrogens with zero attached hydrogens (tertiary/aromatic N) is 5. The molecule has 8 rings (SSSR count). The summed E-state index contributed by atoms with van der Waals surface area (Å²) >= 11 is 0. The number of hydrogen-bond acceptors (Lipinski definition) is 11. The van der Waals surface area contributed by atoms with Gasteiger partial charge < -0.3 is 29.2 Å². The molecule has 2 aromatic heterocycles. The first-order chi connectivity index (χ1) is 26.7. The number of ether oxygens (including phenoxy) is 4. The maximum absolute atomic E-state index is 13.5. The van der Waals surface area contributed by atoms with E-state index >= 15 is 0 Å². The van der Waals surface area contributed by atoms with Crippen molar-refractivity contribution >= 4 is 23.0 Å². The van der Waals surface area contributed by atoms with Crippen molar-refractivity contribution in [3.63, 3.8) is 0 Å². The van der Waals surface area contributed by atoms with E-state index in [0.717, 1.165) is 21.6 Å². The molecule has 0 saturated carbocycles. The topological polar surface area (TPSA) is 167 Å². The van der Waals surface area contributed by atoms with E-state index in [0.29, 0.717) is 22.6 Å². The van der Waals surface area contributed by atoms with Crippen LogP contribution in [0.15, 0.2) is 121 Å². The number of carbonyl (C=O) groups is 2. The van der Waals surface area contributed by atoms with E-state index in [4.69, 9.17) is 18.9 Å². The van der Waals surface area contributed by atoms with E-state index in [-0.39, 0.29) is 30.9 Å². The molecule has 2 N–H and O–H groups in total. The molecule has 2 amide bonds. The lowest BCUT2D eigenvalue weighted by Crippen LogP contribution is -2.39. The molecule has 2 aliphatic rings. The Hall–Kier alpha value is -6.19. The molecular weight excluding hydrogens is 706 g/mol. The Morgan fingerprint density at radius 3 is 1.84 bits per heavy atom. The highest BCUT2D eigenvalue weighted by molar-refractivity contribution is 6.21. The summed E-state index contributed by atoms with van der Waals surface area (Å²) in [4.78, 5) is 49.0. The van der Waals surface area contributed by atoms with Gasteiger partial charge in [-0.2, -0.15) is 0 Å². The van der Waals surface area contributed by atoms with Crippen LogP contribution in [0.3, 0.4) is 0 Å². The van der Waals surface area contributed by atoms with Crippen LogP contribution in [0.2, 0.25) is 0 Å². The predicted molar refractivity (Wildman–Crippen MR) is 198 cm³/mol. The van der Waals surface area contributed by atoms with E-state index < -0.39 is 47.5 Å². The highest BCUT2D eigenvalue weighted by Gasteiger charge is 2.47. The normalized spacial score (nSPS) is 19.6. The average Bonchev–Trinajstić information content (AvgIpc) is 3.86. The minimum Gasteiger partial charge on any atom is -0.497 e. The number of aromatic nitrogens is 4. The lowest BCUT2D eigenvalue weighted by Gasteiger charge is -2.37. The van der Waals surface area contributed by atoms with Gasteiger partial charge in [-0.05, 0) is 53.1 Å². The molecule has 4 atom stereocenters. The van der Waals surface area contributed by atoms with E-state index in [1.807, 2.05) is 78.9 Å². The van der Waals surface area contributed by atoms with Crippen molar-refractivity contribution in [3.8, 4) is 11.5 Å². The zero-order chi connectivity index (χ0) is 38.3. The second-order valence-corrected chi connectivity index (χ2v) is 13.2. The van der Waals surface area contributed by atoms with Crippen molar-refractivity contribution in [1.29, 1.82) is 0 Å². The zero-order valence-electron chi connectivity index (χ0n) is 29.9. The SMILES string of the molecule is COc1ccc(C(OC[C@H]2O[C@@H](n3cnc4c(=O)n(CCN5C(=O)c6ccccc6C5=O)cnc43)[C@H](O)[C@@H]2O)(c2ccccc2)c2ccc(OC)cc2)cc1. The van der Waals surface area contributed by atoms with E-state index in [1.54, 1.807) is 38.5 Å². The molecule has 1 fully saturated rings. The molecule has 0 unspecified atom stereocenters. The third-order valence-corrected chi connectivity index (χ3v) is 10.2. The van der Waals surface area contributed by atoms with Crippen LogP contribution in [0, 0.1) is 0 Å². The first-order valence-electron chi connectivity index (χ1n) is 17.6. The molecule has 0 aliphatic carbocycles. The number of aliphatic hydroxyl groups is 2. The van der Waals surface area contributed by atoms with Crippen molar-refractivity contribution in [3.05, 3.63) is 154 Å². The van der Waals surface area contributed by atoms with Crippen LogP contribution in [0.25, 0.3) is 11.2 Å². The number of carbonyl (C=O) groups excluding carboxylic acids is 2. The summed E-state index contributed by atoms with van der Waals surface area (Å²) in [6.45, 7) is -0.214. The van der Waals surface area contributed by atoms with Gasteiger partial charge in [-0.15, -0.1) is 0 Å². The van der Waals surface area contributed by atoms with Crippen LogP contribution in [-0.2, 0) is 21.6 Å². The van der Waals surface area contributed by atoms with Crippen molar-refractivity contribution < 1.29 is 38.7 Å². The summed E-state index contributed by atoms with van der Waals surface area (Å²) in [5, 5.41) is 22.7. The summed E-state index contributed by atoms with van der Waals surface area (Å²) in [5.74, 6) is 0.476. The molecule has 4 heterocycles. The fourth-order valence-corrected chi connectivity index (χ4v) is 7.32. The average molecular weight is 744 g/mol. The molecular formula is C41H37N5O9. The Labute approximate surface area is 314 Å². The Kier molecular flexibility index (Phi) is 9.49. The Balaban J connectivity index is 1.06. The fraction of sp³-hybridized carbons (Fsp3) is 0.244. The molecule has 0 spiro atoms. The lowest BCUT2D eigenvalue weighted by molar-refractivity contribution is -0.0942. The van der Waals surface area contributed by atoms with Crippen LogP contribution < -0.4 is 15.0 Å². The van der Waals surface area contributed by atoms with Gasteiger partial charge in [-0.3, -0.25) is 28.4 Å². The predicted octanol–water partition coefficient (Wildman–Crippen LogP) is 3.53. The lowest BCUT2D eigenvalue weighted by atomic mass is 9.80. The van der Waals surface area contributed by atoms with Crippen LogP contribution in [-0.4, -0.2) is 91.7 Å². The van der Waals surface area contributed by atoms with Crippen molar-refractivity contribution in [2.75, 3.05) is 27.4 Å². The quantitative estimate of drug-likeness (QED) is 0.139. The minimum absolute atomic E-state index is 0.00760. The molecule has 14 heteroatoms. The monoisotopic (exact) mass is 743 g/mol. The number of imidazole rings is 1. The summed E-state index contributed by atoms with van der Waals surface area (Å²) in [6.07, 6.45) is -2.39. The second kappa shape index (κ2) is 14.6. The molecule has 280 valence electrons. The van der Waals surface area contributed by atoms with Crippen LogP contribution in [0.5, 0.6) is 11.5 Å². The summed E-state index contributed by atoms with van der Waals surface area (Å²) in [5.41, 5.74) is 1.39. The summed E-state index contributed by atoms with van der Waals surface area (Å²) in [7, 11) is 3.19. The molecule has 2 aliphatic heterocycles. The van der Waals surface area contributed by atoms with Crippen LogP contribution in [0.4, 0.5) is 0 Å². The largest absolute Gasteiger partial charge is 0.497 e. The molecule has 14 nitrogen and oxygen atoms in total. The number of benzene rings is 4. The number of imide groups is 1. The van der Waals surface area contributed by atoms with Gasteiger partial charge in [0.05, 0.1) is 38.3 Å². The third kappa shape index (κ3) is 6.14. The number of amides is 2. The van der Waals surface area contributed by atoms with Crippen molar-refractivity contribution in [2.24, 2.45) is 0 Å². The number of rotatable bonds is 12. The van der Waals surface area contributed by atoms with Gasteiger partial charge in [0.2, 0.25) is 0 Å². The van der Waals surface area contributed by atoms with Gasteiger partial charge in [0.25, 0.3) is 17.4 Å². The Morgan fingerprint density at radius 2 is 1.25 bits per heavy atom. The van der Waals surface area contributed by atoms with Gasteiger partial charge >= 0.3 is 0 Å². The van der Waals surface area contributed by atoms with E-state index in [9.17, 15) is 24.6 Å². The highest BCUT2D eigenvalue weighted by atomic mass is 16.6. The maximum Gasteiger partial charge on any atom is 0.281 e. The van der Waals surface area contributed by atoms with Gasteiger partial charge in [0, 0.05) is 13.1 Å². The van der Waals surface area contributed by atoms with Gasteiger partial charge in [-0.1, -0.05) is 66.7 Å². The minimum atomic E-state index is -1.43. The van der Waals surface area contributed by atoms with Crippen molar-refractivity contribution in [2.45, 2.75) is 36.7 Å². The Morgan fingerprint density at radius 1 is 0.691 bits per heavy atom. The van der Waals surface area contributed by atoms with Gasteiger partial charge in [-0.25, -0.2) is 9.97 Å². The molecule has 6 aromatic rings. The van der Waals surface area contributed by atoms with Crippen LogP contribution in [0.1, 0.15) is 43.6 Å². The standard InChI is InChI=1S/C41H37N5O9/c1-52-28-16-12-26(13-17-28)41(25-8-4-3-5-9-25,27-14-18-29(53-2)19-15-27)54-22-32-34(47)35(48)40(55-32)46-24-42-33-36(46)43-23-44(39(33)51)20-21-45-37(49)30-10-6-7-11-31(30)38(45)50/h3-19,23-24,32,34-35,40,47-48H,20-22H2,1-2H3/t32-,34-,35-,40-/m1/s1. The third-order valence-electron chi connectivity index (χ3n) is 10.2. The molecule has 4 aromatic carbocycles. The number of aliphatic hydroxyl groups excluding tert-OH is 2. The van der Waals surface area contributed by atoms with Gasteiger partial charge in [0.15, 0.2) is 17.4 Å². The van der Waals surface area contributed by atoms with E-state index in [1.165, 1.54) is 21.8 Å². The number of methoxy groups -OCH3 is 2. The van der Waals surface area contributed by atoms with E-state index in [2.05, 4.69) is 9.97 Å². The second-order valence-electron chi connectivity index (χ2n) is 13.2. The van der Waals surface area contributed by atoms with Crippen LogP contribution >= 0.6 is 0 Å². The zero-order valence-corrected chi connectivity index (χ0v) is 29.9. The summed E-state index contributed by atoms with van der Waals surface area (Å²) in [6, 6.07) is 31.2. The van der Waals surface area contributed by atoms with Gasteiger partial charge in [0.1, 0.15) is 41.7 Å². The smallest absolute Gasteiger partial charge is 0.281 e. The summed E-state index contributed by atoms with van der Waals surface area (Å²) < 4.78 is 26.7. The first kappa shape index (κ1) is 35.8. The molecule has 0 radical (unpaired) electrons. The highest BCUT2D eigenvalue weighted by Crippen LogP contribution is 2.43. The first-order valence-corrected chi connectivity index (χ1v) is 17.6. The number of fused-ring (bicyclic) bond motifs is 2. The Bertz CT molecular complexity index is 2330. The molecule has 1 saturated heterocycles. The number of hydrogen-bond donors (Lipinski definition) is 2. The fourth-order valence-electron chi connectivity index (χ4n) is 7.32.